The predicted octanol–water partition coefficient (Wildman–Crippen LogP) is 4.45. The van der Waals surface area contributed by atoms with Crippen LogP contribution in [0.5, 0.6) is 0 Å². The van der Waals surface area contributed by atoms with Crippen LogP contribution in [0.2, 0.25) is 0 Å². The fraction of sp³-hybridized carbons (Fsp3) is 0.192. The predicted molar refractivity (Wildman–Crippen MR) is 131 cm³/mol. The number of hydrogen-bond donors (Lipinski definition) is 2. The van der Waals surface area contributed by atoms with Crippen LogP contribution in [0.3, 0.4) is 0 Å². The van der Waals surface area contributed by atoms with E-state index in [9.17, 15) is 9.59 Å². The van der Waals surface area contributed by atoms with Gasteiger partial charge < -0.3 is 10.6 Å². The molecule has 2 N–H and O–H groups in total. The third-order valence-electron chi connectivity index (χ3n) is 5.30. The number of rotatable bonds is 8. The summed E-state index contributed by atoms with van der Waals surface area (Å²) in [5.41, 5.74) is 5.82. The van der Waals surface area contributed by atoms with Gasteiger partial charge in [0.2, 0.25) is 0 Å². The SMILES string of the molecule is Cc1cc(C)n(-c2ccc(CCNC(=O)c3ccc(CNC(=O)c4cccs4)cc3)cc2)n1. The molecule has 0 atom stereocenters. The van der Waals surface area contributed by atoms with Gasteiger partial charge in [-0.3, -0.25) is 9.59 Å². The summed E-state index contributed by atoms with van der Waals surface area (Å²) in [7, 11) is 0. The van der Waals surface area contributed by atoms with Crippen LogP contribution >= 0.6 is 11.3 Å². The summed E-state index contributed by atoms with van der Waals surface area (Å²) >= 11 is 1.41. The molecule has 6 nitrogen and oxygen atoms in total. The standard InChI is InChI=1S/C26H26N4O2S/c1-18-16-19(2)30(29-18)23-11-7-20(8-12-23)13-14-27-25(31)22-9-5-21(6-10-22)17-28-26(32)24-4-3-15-33-24/h3-12,15-16H,13-14,17H2,1-2H3,(H,27,31)(H,28,32). The minimum Gasteiger partial charge on any atom is -0.352 e. The molecular weight excluding hydrogens is 432 g/mol. The van der Waals surface area contributed by atoms with Gasteiger partial charge in [-0.25, -0.2) is 4.68 Å². The fourth-order valence-electron chi connectivity index (χ4n) is 3.57. The molecule has 0 radical (unpaired) electrons. The second-order valence-corrected chi connectivity index (χ2v) is 8.82. The van der Waals surface area contributed by atoms with Gasteiger partial charge in [-0.2, -0.15) is 5.10 Å². The first-order valence-corrected chi connectivity index (χ1v) is 11.7. The van der Waals surface area contributed by atoms with E-state index >= 15 is 0 Å². The third-order valence-corrected chi connectivity index (χ3v) is 6.17. The van der Waals surface area contributed by atoms with Gasteiger partial charge in [-0.1, -0.05) is 30.3 Å². The summed E-state index contributed by atoms with van der Waals surface area (Å²) in [6, 6.07) is 21.2. The molecular formula is C26H26N4O2S. The number of aryl methyl sites for hydroxylation is 2. The molecule has 2 heterocycles. The van der Waals surface area contributed by atoms with E-state index in [1.807, 2.05) is 54.2 Å². The number of carbonyl (C=O) groups excluding carboxylic acids is 2. The summed E-state index contributed by atoms with van der Waals surface area (Å²) in [6.07, 6.45) is 0.746. The summed E-state index contributed by atoms with van der Waals surface area (Å²) in [5, 5.41) is 12.2. The second kappa shape index (κ2) is 10.3. The highest BCUT2D eigenvalue weighted by atomic mass is 32.1. The van der Waals surface area contributed by atoms with Crippen LogP contribution in [-0.2, 0) is 13.0 Å². The van der Waals surface area contributed by atoms with Crippen molar-refractivity contribution in [3.05, 3.63) is 105 Å². The Hall–Kier alpha value is -3.71. The lowest BCUT2D eigenvalue weighted by atomic mass is 10.1. The van der Waals surface area contributed by atoms with Crippen LogP contribution < -0.4 is 10.6 Å². The van der Waals surface area contributed by atoms with Crippen molar-refractivity contribution < 1.29 is 9.59 Å². The maximum Gasteiger partial charge on any atom is 0.261 e. The van der Waals surface area contributed by atoms with E-state index in [1.54, 1.807) is 18.2 Å². The van der Waals surface area contributed by atoms with E-state index in [1.165, 1.54) is 11.3 Å². The summed E-state index contributed by atoms with van der Waals surface area (Å²) in [6.45, 7) is 5.00. The molecule has 4 aromatic rings. The van der Waals surface area contributed by atoms with Crippen LogP contribution in [0.15, 0.2) is 72.1 Å². The zero-order chi connectivity index (χ0) is 23.2. The van der Waals surface area contributed by atoms with Crippen molar-refractivity contribution in [1.29, 1.82) is 0 Å². The van der Waals surface area contributed by atoms with Crippen molar-refractivity contribution in [2.24, 2.45) is 0 Å². The lowest BCUT2D eigenvalue weighted by molar-refractivity contribution is 0.0945. The minimum absolute atomic E-state index is 0.0882. The third kappa shape index (κ3) is 5.75. The zero-order valence-corrected chi connectivity index (χ0v) is 19.5. The van der Waals surface area contributed by atoms with Gasteiger partial charge in [0, 0.05) is 24.3 Å². The van der Waals surface area contributed by atoms with Gasteiger partial charge in [0.1, 0.15) is 0 Å². The smallest absolute Gasteiger partial charge is 0.261 e. The van der Waals surface area contributed by atoms with Crippen LogP contribution in [0.25, 0.3) is 5.69 Å². The summed E-state index contributed by atoms with van der Waals surface area (Å²) < 4.78 is 1.93. The average molecular weight is 459 g/mol. The molecule has 0 spiro atoms. The maximum absolute atomic E-state index is 12.5. The second-order valence-electron chi connectivity index (χ2n) is 7.87. The van der Waals surface area contributed by atoms with Gasteiger partial charge in [-0.15, -0.1) is 11.3 Å². The molecule has 2 amide bonds. The Bertz CT molecular complexity index is 1230. The van der Waals surface area contributed by atoms with Crippen LogP contribution in [0.1, 0.15) is 42.5 Å². The lowest BCUT2D eigenvalue weighted by Crippen LogP contribution is -2.26. The van der Waals surface area contributed by atoms with Crippen molar-refractivity contribution in [2.75, 3.05) is 6.54 Å². The maximum atomic E-state index is 12.5. The first kappa shape index (κ1) is 22.5. The highest BCUT2D eigenvalue weighted by Crippen LogP contribution is 2.13. The summed E-state index contributed by atoms with van der Waals surface area (Å²) in [5.74, 6) is -0.196. The van der Waals surface area contributed by atoms with Crippen molar-refractivity contribution in [3.8, 4) is 5.69 Å². The van der Waals surface area contributed by atoms with E-state index in [2.05, 4.69) is 33.9 Å². The van der Waals surface area contributed by atoms with Crippen molar-refractivity contribution in [2.45, 2.75) is 26.8 Å². The Balaban J connectivity index is 1.24. The molecule has 4 rings (SSSR count). The molecule has 0 aliphatic carbocycles. The molecule has 0 saturated carbocycles. The number of amides is 2. The van der Waals surface area contributed by atoms with Crippen LogP contribution in [0.4, 0.5) is 0 Å². The van der Waals surface area contributed by atoms with E-state index < -0.39 is 0 Å². The van der Waals surface area contributed by atoms with Crippen molar-refractivity contribution in [1.82, 2.24) is 20.4 Å². The number of carbonyl (C=O) groups is 2. The number of nitrogens with zero attached hydrogens (tertiary/aromatic N) is 2. The molecule has 0 aliphatic heterocycles. The first-order chi connectivity index (χ1) is 16.0. The largest absolute Gasteiger partial charge is 0.352 e. The molecule has 0 aliphatic rings. The van der Waals surface area contributed by atoms with Crippen molar-refractivity contribution in [3.63, 3.8) is 0 Å². The highest BCUT2D eigenvalue weighted by molar-refractivity contribution is 7.12. The Labute approximate surface area is 197 Å². The number of thiophene rings is 1. The molecule has 168 valence electrons. The van der Waals surface area contributed by atoms with Gasteiger partial charge >= 0.3 is 0 Å². The van der Waals surface area contributed by atoms with Crippen molar-refractivity contribution >= 4 is 23.2 Å². The Morgan fingerprint density at radius 2 is 1.64 bits per heavy atom. The molecule has 7 heteroatoms. The lowest BCUT2D eigenvalue weighted by Gasteiger charge is -2.08. The molecule has 2 aromatic carbocycles. The van der Waals surface area contributed by atoms with Crippen LogP contribution in [-0.4, -0.2) is 28.1 Å². The summed E-state index contributed by atoms with van der Waals surface area (Å²) in [4.78, 5) is 25.2. The monoisotopic (exact) mass is 458 g/mol. The quantitative estimate of drug-likeness (QED) is 0.410. The highest BCUT2D eigenvalue weighted by Gasteiger charge is 2.08. The number of aromatic nitrogens is 2. The minimum atomic E-state index is -0.108. The van der Waals surface area contributed by atoms with Gasteiger partial charge in [0.15, 0.2) is 0 Å². The zero-order valence-electron chi connectivity index (χ0n) is 18.7. The van der Waals surface area contributed by atoms with E-state index in [-0.39, 0.29) is 11.8 Å². The molecule has 0 bridgehead atoms. The number of hydrogen-bond acceptors (Lipinski definition) is 4. The molecule has 0 unspecified atom stereocenters. The fourth-order valence-corrected chi connectivity index (χ4v) is 4.21. The van der Waals surface area contributed by atoms with E-state index in [0.29, 0.717) is 23.5 Å². The number of nitrogens with one attached hydrogen (secondary N) is 2. The van der Waals surface area contributed by atoms with Gasteiger partial charge in [-0.05, 0) is 73.2 Å². The Morgan fingerprint density at radius 3 is 2.27 bits per heavy atom. The number of benzene rings is 2. The average Bonchev–Trinajstić information content (AvgIpc) is 3.48. The Kier molecular flexibility index (Phi) is 7.00. The molecule has 33 heavy (non-hydrogen) atoms. The Morgan fingerprint density at radius 1 is 0.909 bits per heavy atom. The van der Waals surface area contributed by atoms with Gasteiger partial charge in [0.05, 0.1) is 16.3 Å². The van der Waals surface area contributed by atoms with Crippen LogP contribution in [0, 0.1) is 13.8 Å². The molecule has 0 fully saturated rings. The van der Waals surface area contributed by atoms with E-state index in [4.69, 9.17) is 0 Å². The van der Waals surface area contributed by atoms with E-state index in [0.717, 1.165) is 34.6 Å². The normalized spacial score (nSPS) is 10.7. The first-order valence-electron chi connectivity index (χ1n) is 10.8. The van der Waals surface area contributed by atoms with Gasteiger partial charge in [0.25, 0.3) is 11.8 Å². The molecule has 0 saturated heterocycles. The molecule has 2 aromatic heterocycles. The topological polar surface area (TPSA) is 76.0 Å².